The van der Waals surface area contributed by atoms with E-state index in [1.807, 2.05) is 0 Å². The van der Waals surface area contributed by atoms with Crippen LogP contribution in [0.2, 0.25) is 0 Å². The molecule has 2 rings (SSSR count). The van der Waals surface area contributed by atoms with Crippen molar-refractivity contribution in [1.29, 1.82) is 0 Å². The van der Waals surface area contributed by atoms with Crippen molar-refractivity contribution in [3.8, 4) is 5.75 Å². The molecule has 0 bridgehead atoms. The van der Waals surface area contributed by atoms with Crippen molar-refractivity contribution in [3.63, 3.8) is 0 Å². The topological polar surface area (TPSA) is 35.2 Å². The SMILES string of the molecule is NC(COc1ccc(F)cc1)C1CCCC1. The maximum atomic E-state index is 12.7. The van der Waals surface area contributed by atoms with Gasteiger partial charge in [-0.05, 0) is 43.0 Å². The highest BCUT2D eigenvalue weighted by molar-refractivity contribution is 5.22. The van der Waals surface area contributed by atoms with Gasteiger partial charge in [-0.15, -0.1) is 0 Å². The van der Waals surface area contributed by atoms with Crippen molar-refractivity contribution in [2.24, 2.45) is 11.7 Å². The Kier molecular flexibility index (Phi) is 3.78. The Bertz CT molecular complexity index is 319. The minimum atomic E-state index is -0.243. The van der Waals surface area contributed by atoms with Gasteiger partial charge in [0.2, 0.25) is 0 Å². The average molecular weight is 223 g/mol. The summed E-state index contributed by atoms with van der Waals surface area (Å²) >= 11 is 0. The molecule has 0 radical (unpaired) electrons. The minimum Gasteiger partial charge on any atom is -0.492 e. The first-order valence-electron chi connectivity index (χ1n) is 5.89. The Morgan fingerprint density at radius 3 is 2.50 bits per heavy atom. The molecular formula is C13H18FNO. The van der Waals surface area contributed by atoms with Crippen molar-refractivity contribution in [2.45, 2.75) is 31.7 Å². The molecule has 3 heteroatoms. The van der Waals surface area contributed by atoms with Crippen molar-refractivity contribution < 1.29 is 9.13 Å². The van der Waals surface area contributed by atoms with Gasteiger partial charge in [0.25, 0.3) is 0 Å². The second-order valence-electron chi connectivity index (χ2n) is 4.47. The van der Waals surface area contributed by atoms with Crippen LogP contribution in [0.25, 0.3) is 0 Å². The van der Waals surface area contributed by atoms with Gasteiger partial charge in [-0.25, -0.2) is 4.39 Å². The molecule has 1 fully saturated rings. The molecule has 0 spiro atoms. The molecule has 1 aliphatic rings. The largest absolute Gasteiger partial charge is 0.492 e. The van der Waals surface area contributed by atoms with E-state index in [0.717, 1.165) is 0 Å². The summed E-state index contributed by atoms with van der Waals surface area (Å²) in [6.07, 6.45) is 5.01. The number of rotatable bonds is 4. The van der Waals surface area contributed by atoms with Crippen molar-refractivity contribution in [3.05, 3.63) is 30.1 Å². The van der Waals surface area contributed by atoms with Crippen LogP contribution in [0, 0.1) is 11.7 Å². The number of benzene rings is 1. The Hall–Kier alpha value is -1.09. The van der Waals surface area contributed by atoms with E-state index in [0.29, 0.717) is 18.3 Å². The first-order chi connectivity index (χ1) is 7.75. The van der Waals surface area contributed by atoms with E-state index in [4.69, 9.17) is 10.5 Å². The maximum absolute atomic E-state index is 12.7. The van der Waals surface area contributed by atoms with Crippen LogP contribution in [-0.2, 0) is 0 Å². The Morgan fingerprint density at radius 1 is 1.25 bits per heavy atom. The summed E-state index contributed by atoms with van der Waals surface area (Å²) in [4.78, 5) is 0. The van der Waals surface area contributed by atoms with E-state index in [2.05, 4.69) is 0 Å². The quantitative estimate of drug-likeness (QED) is 0.851. The van der Waals surface area contributed by atoms with Crippen LogP contribution in [-0.4, -0.2) is 12.6 Å². The molecular weight excluding hydrogens is 205 g/mol. The van der Waals surface area contributed by atoms with Crippen molar-refractivity contribution in [1.82, 2.24) is 0 Å². The Labute approximate surface area is 95.6 Å². The van der Waals surface area contributed by atoms with E-state index in [1.54, 1.807) is 12.1 Å². The molecule has 88 valence electrons. The van der Waals surface area contributed by atoms with Crippen molar-refractivity contribution in [2.75, 3.05) is 6.61 Å². The number of hydrogen-bond acceptors (Lipinski definition) is 2. The number of ether oxygens (including phenoxy) is 1. The van der Waals surface area contributed by atoms with Crippen LogP contribution >= 0.6 is 0 Å². The fraction of sp³-hybridized carbons (Fsp3) is 0.538. The van der Waals surface area contributed by atoms with Crippen LogP contribution in [0.4, 0.5) is 4.39 Å². The zero-order chi connectivity index (χ0) is 11.4. The van der Waals surface area contributed by atoms with Crippen LogP contribution in [0.5, 0.6) is 5.75 Å². The van der Waals surface area contributed by atoms with Gasteiger partial charge in [0.15, 0.2) is 0 Å². The van der Waals surface area contributed by atoms with Crippen molar-refractivity contribution >= 4 is 0 Å². The highest BCUT2D eigenvalue weighted by Gasteiger charge is 2.22. The number of halogens is 1. The fourth-order valence-electron chi connectivity index (χ4n) is 2.24. The second-order valence-corrected chi connectivity index (χ2v) is 4.47. The third-order valence-electron chi connectivity index (χ3n) is 3.26. The summed E-state index contributed by atoms with van der Waals surface area (Å²) in [5, 5.41) is 0. The molecule has 1 atom stereocenters. The van der Waals surface area contributed by atoms with E-state index >= 15 is 0 Å². The molecule has 2 N–H and O–H groups in total. The first kappa shape index (κ1) is 11.4. The lowest BCUT2D eigenvalue weighted by molar-refractivity contribution is 0.247. The molecule has 1 unspecified atom stereocenters. The van der Waals surface area contributed by atoms with Gasteiger partial charge in [-0.1, -0.05) is 12.8 Å². The molecule has 16 heavy (non-hydrogen) atoms. The molecule has 1 aromatic carbocycles. The summed E-state index contributed by atoms with van der Waals surface area (Å²) in [5.74, 6) is 1.04. The third-order valence-corrected chi connectivity index (χ3v) is 3.26. The van der Waals surface area contributed by atoms with E-state index < -0.39 is 0 Å². The smallest absolute Gasteiger partial charge is 0.123 e. The highest BCUT2D eigenvalue weighted by Crippen LogP contribution is 2.27. The highest BCUT2D eigenvalue weighted by atomic mass is 19.1. The van der Waals surface area contributed by atoms with E-state index in [9.17, 15) is 4.39 Å². The van der Waals surface area contributed by atoms with Crippen LogP contribution in [0.15, 0.2) is 24.3 Å². The van der Waals surface area contributed by atoms with Gasteiger partial charge in [0, 0.05) is 6.04 Å². The molecule has 0 aliphatic heterocycles. The van der Waals surface area contributed by atoms with Gasteiger partial charge in [-0.3, -0.25) is 0 Å². The Morgan fingerprint density at radius 2 is 1.88 bits per heavy atom. The summed E-state index contributed by atoms with van der Waals surface area (Å²) in [6.45, 7) is 0.524. The molecule has 0 amide bonds. The standard InChI is InChI=1S/C13H18FNO/c14-11-5-7-12(8-6-11)16-9-13(15)10-3-1-2-4-10/h5-8,10,13H,1-4,9,15H2. The number of hydrogen-bond donors (Lipinski definition) is 1. The summed E-state index contributed by atoms with van der Waals surface area (Å²) in [7, 11) is 0. The van der Waals surface area contributed by atoms with Gasteiger partial charge in [0.05, 0.1) is 0 Å². The summed E-state index contributed by atoms with van der Waals surface area (Å²) in [5.41, 5.74) is 6.06. The van der Waals surface area contributed by atoms with Gasteiger partial charge in [-0.2, -0.15) is 0 Å². The molecule has 1 aromatic rings. The lowest BCUT2D eigenvalue weighted by atomic mass is 10.00. The summed E-state index contributed by atoms with van der Waals surface area (Å²) < 4.78 is 18.2. The molecule has 0 aromatic heterocycles. The predicted octanol–water partition coefficient (Wildman–Crippen LogP) is 2.72. The molecule has 1 aliphatic carbocycles. The predicted molar refractivity (Wildman–Crippen MR) is 61.8 cm³/mol. The molecule has 0 saturated heterocycles. The van der Waals surface area contributed by atoms with Gasteiger partial charge >= 0.3 is 0 Å². The lowest BCUT2D eigenvalue weighted by Crippen LogP contribution is -2.34. The van der Waals surface area contributed by atoms with E-state index in [-0.39, 0.29) is 11.9 Å². The Balaban J connectivity index is 1.80. The monoisotopic (exact) mass is 223 g/mol. The zero-order valence-electron chi connectivity index (χ0n) is 9.36. The second kappa shape index (κ2) is 5.30. The minimum absolute atomic E-state index is 0.104. The molecule has 1 saturated carbocycles. The normalized spacial score (nSPS) is 18.6. The third kappa shape index (κ3) is 2.95. The average Bonchev–Trinajstić information content (AvgIpc) is 2.81. The molecule has 2 nitrogen and oxygen atoms in total. The fourth-order valence-corrected chi connectivity index (χ4v) is 2.24. The maximum Gasteiger partial charge on any atom is 0.123 e. The zero-order valence-corrected chi connectivity index (χ0v) is 9.36. The summed E-state index contributed by atoms with van der Waals surface area (Å²) in [6, 6.07) is 6.17. The van der Waals surface area contributed by atoms with Crippen LogP contribution in [0.1, 0.15) is 25.7 Å². The van der Waals surface area contributed by atoms with Crippen LogP contribution < -0.4 is 10.5 Å². The first-order valence-corrected chi connectivity index (χ1v) is 5.89. The van der Waals surface area contributed by atoms with Crippen LogP contribution in [0.3, 0.4) is 0 Å². The number of nitrogens with two attached hydrogens (primary N) is 1. The van der Waals surface area contributed by atoms with Gasteiger partial charge in [0.1, 0.15) is 18.2 Å². The van der Waals surface area contributed by atoms with Gasteiger partial charge < -0.3 is 10.5 Å². The van der Waals surface area contributed by atoms with E-state index in [1.165, 1.54) is 37.8 Å². The lowest BCUT2D eigenvalue weighted by Gasteiger charge is -2.19. The molecule has 0 heterocycles.